The number of phenols is 1. The van der Waals surface area contributed by atoms with Crippen LogP contribution in [-0.2, 0) is 0 Å². The minimum atomic E-state index is -0.639. The van der Waals surface area contributed by atoms with Crippen LogP contribution in [-0.4, -0.2) is 42.9 Å². The summed E-state index contributed by atoms with van der Waals surface area (Å²) in [5, 5.41) is 28.4. The first-order valence-electron chi connectivity index (χ1n) is 10.7. The van der Waals surface area contributed by atoms with E-state index in [1.807, 2.05) is 0 Å². The summed E-state index contributed by atoms with van der Waals surface area (Å²) in [7, 11) is 0. The van der Waals surface area contributed by atoms with E-state index in [1.54, 1.807) is 30.3 Å². The maximum atomic E-state index is 12.9. The highest BCUT2D eigenvalue weighted by atomic mass is 16.6. The van der Waals surface area contributed by atoms with Gasteiger partial charge in [-0.1, -0.05) is 12.1 Å². The number of nitrogens with one attached hydrogen (secondary N) is 1. The highest BCUT2D eigenvalue weighted by Gasteiger charge is 2.22. The molecular weight excluding hydrogens is 438 g/mol. The van der Waals surface area contributed by atoms with E-state index in [1.165, 1.54) is 29.8 Å². The van der Waals surface area contributed by atoms with Crippen molar-refractivity contribution in [1.82, 2.24) is 19.9 Å². The van der Waals surface area contributed by atoms with Crippen molar-refractivity contribution in [2.45, 2.75) is 12.8 Å². The van der Waals surface area contributed by atoms with Gasteiger partial charge in [-0.25, -0.2) is 9.50 Å². The highest BCUT2D eigenvalue weighted by molar-refractivity contribution is 6.10. The molecule has 2 aromatic carbocycles. The molecule has 0 spiro atoms. The van der Waals surface area contributed by atoms with Crippen molar-refractivity contribution in [2.75, 3.05) is 6.54 Å². The third-order valence-electron chi connectivity index (χ3n) is 5.70. The minimum absolute atomic E-state index is 0.109. The molecule has 0 atom stereocenters. The number of nitro benzene ring substituents is 1. The van der Waals surface area contributed by atoms with E-state index in [2.05, 4.69) is 15.4 Å². The van der Waals surface area contributed by atoms with Gasteiger partial charge in [0.05, 0.1) is 21.7 Å². The lowest BCUT2D eigenvalue weighted by atomic mass is 10.0. The van der Waals surface area contributed by atoms with Crippen LogP contribution in [0.25, 0.3) is 16.9 Å². The highest BCUT2D eigenvalue weighted by Crippen LogP contribution is 2.28. The number of hydrogen-bond acceptors (Lipinski definition) is 7. The van der Waals surface area contributed by atoms with Gasteiger partial charge in [-0.2, -0.15) is 5.10 Å². The maximum absolute atomic E-state index is 12.9. The zero-order valence-corrected chi connectivity index (χ0v) is 17.8. The van der Waals surface area contributed by atoms with E-state index >= 15 is 0 Å². The average Bonchev–Trinajstić information content (AvgIpc) is 3.58. The molecule has 1 saturated carbocycles. The van der Waals surface area contributed by atoms with Crippen LogP contribution in [0.5, 0.6) is 5.75 Å². The monoisotopic (exact) mass is 457 g/mol. The van der Waals surface area contributed by atoms with Crippen LogP contribution in [0.3, 0.4) is 0 Å². The number of carbonyl (C=O) groups is 2. The van der Waals surface area contributed by atoms with E-state index in [9.17, 15) is 24.8 Å². The zero-order valence-electron chi connectivity index (χ0n) is 17.8. The molecule has 2 N–H and O–H groups in total. The van der Waals surface area contributed by atoms with Gasteiger partial charge in [-0.3, -0.25) is 19.7 Å². The number of aromatic nitrogens is 3. The van der Waals surface area contributed by atoms with Crippen LogP contribution >= 0.6 is 0 Å². The van der Waals surface area contributed by atoms with E-state index in [0.29, 0.717) is 29.4 Å². The summed E-state index contributed by atoms with van der Waals surface area (Å²) >= 11 is 0. The van der Waals surface area contributed by atoms with Gasteiger partial charge in [-0.05, 0) is 37.0 Å². The van der Waals surface area contributed by atoms with Crippen molar-refractivity contribution in [3.05, 3.63) is 87.7 Å². The molecule has 10 nitrogen and oxygen atoms in total. The second-order valence-corrected chi connectivity index (χ2v) is 8.19. The number of nitrogens with zero attached hydrogens (tertiary/aromatic N) is 4. The van der Waals surface area contributed by atoms with Gasteiger partial charge in [0.15, 0.2) is 11.4 Å². The van der Waals surface area contributed by atoms with E-state index in [-0.39, 0.29) is 28.5 Å². The Morgan fingerprint density at radius 3 is 2.59 bits per heavy atom. The van der Waals surface area contributed by atoms with Crippen LogP contribution in [0, 0.1) is 16.0 Å². The number of phenolic OH excluding ortho intramolecular Hbond substituents is 1. The van der Waals surface area contributed by atoms with Crippen molar-refractivity contribution < 1.29 is 19.6 Å². The Hall–Kier alpha value is -4.60. The van der Waals surface area contributed by atoms with Crippen molar-refractivity contribution in [3.63, 3.8) is 0 Å². The molecule has 1 amide bonds. The van der Waals surface area contributed by atoms with Crippen molar-refractivity contribution >= 4 is 23.0 Å². The number of ketones is 1. The Morgan fingerprint density at radius 2 is 1.88 bits per heavy atom. The molecule has 0 radical (unpaired) electrons. The van der Waals surface area contributed by atoms with Gasteiger partial charge in [-0.15, -0.1) is 0 Å². The summed E-state index contributed by atoms with van der Waals surface area (Å²) in [5.41, 5.74) is 2.03. The number of aromatic hydroxyl groups is 1. The normalized spacial score (nSPS) is 13.1. The Labute approximate surface area is 193 Å². The first kappa shape index (κ1) is 21.3. The Bertz CT molecular complexity index is 1440. The lowest BCUT2D eigenvalue weighted by Gasteiger charge is -2.04. The van der Waals surface area contributed by atoms with Gasteiger partial charge < -0.3 is 10.4 Å². The summed E-state index contributed by atoms with van der Waals surface area (Å²) in [4.78, 5) is 39.7. The number of hydrogen-bond donors (Lipinski definition) is 2. The number of non-ortho nitro benzene ring substituents is 1. The third kappa shape index (κ3) is 4.20. The number of benzene rings is 2. The number of rotatable bonds is 7. The van der Waals surface area contributed by atoms with Crippen molar-refractivity contribution in [3.8, 4) is 17.0 Å². The molecule has 5 rings (SSSR count). The molecule has 1 fully saturated rings. The molecule has 2 heterocycles. The molecule has 170 valence electrons. The fourth-order valence-electron chi connectivity index (χ4n) is 3.56. The molecule has 34 heavy (non-hydrogen) atoms. The standard InChI is InChI=1S/C24H19N5O5/c30-21-8-7-18(29(33)34)9-19(21)23(31)17-12-25-22-10-20(27-28(22)13-17)15-3-5-16(6-4-15)24(32)26-11-14-1-2-14/h3-10,12-14,30H,1-2,11H2,(H,26,32). The van der Waals surface area contributed by atoms with Gasteiger partial charge >= 0.3 is 0 Å². The van der Waals surface area contributed by atoms with Crippen molar-refractivity contribution in [1.29, 1.82) is 0 Å². The van der Waals surface area contributed by atoms with E-state index < -0.39 is 10.7 Å². The summed E-state index contributed by atoms with van der Waals surface area (Å²) < 4.78 is 1.42. The Kier molecular flexibility index (Phi) is 5.25. The van der Waals surface area contributed by atoms with E-state index in [4.69, 9.17) is 0 Å². The average molecular weight is 457 g/mol. The van der Waals surface area contributed by atoms with Crippen molar-refractivity contribution in [2.24, 2.45) is 5.92 Å². The SMILES string of the molecule is O=C(NCC1CC1)c1ccc(-c2cc3ncc(C(=O)c4cc([N+](=O)[O-])ccc4O)cn3n2)cc1. The quantitative estimate of drug-likeness (QED) is 0.246. The topological polar surface area (TPSA) is 140 Å². The predicted octanol–water partition coefficient (Wildman–Crippen LogP) is 3.38. The smallest absolute Gasteiger partial charge is 0.270 e. The number of carbonyl (C=O) groups excluding carboxylic acids is 2. The van der Waals surface area contributed by atoms with Gasteiger partial charge in [0.1, 0.15) is 5.75 Å². The molecule has 0 saturated heterocycles. The summed E-state index contributed by atoms with van der Waals surface area (Å²) in [6, 6.07) is 12.0. The second-order valence-electron chi connectivity index (χ2n) is 8.19. The largest absolute Gasteiger partial charge is 0.507 e. The van der Waals surface area contributed by atoms with Gasteiger partial charge in [0.25, 0.3) is 11.6 Å². The zero-order chi connectivity index (χ0) is 23.8. The summed E-state index contributed by atoms with van der Waals surface area (Å²) in [6.45, 7) is 0.702. The fraction of sp³-hybridized carbons (Fsp3) is 0.167. The molecule has 0 unspecified atom stereocenters. The third-order valence-corrected chi connectivity index (χ3v) is 5.70. The minimum Gasteiger partial charge on any atom is -0.507 e. The first-order valence-corrected chi connectivity index (χ1v) is 10.7. The first-order chi connectivity index (χ1) is 16.4. The Morgan fingerprint density at radius 1 is 1.12 bits per heavy atom. The van der Waals surface area contributed by atoms with Crippen LogP contribution in [0.2, 0.25) is 0 Å². The Balaban J connectivity index is 1.38. The van der Waals surface area contributed by atoms with Crippen LogP contribution in [0.4, 0.5) is 5.69 Å². The number of amides is 1. The second kappa shape index (κ2) is 8.39. The predicted molar refractivity (Wildman–Crippen MR) is 122 cm³/mol. The number of fused-ring (bicyclic) bond motifs is 1. The molecule has 10 heteroatoms. The molecule has 0 aliphatic heterocycles. The molecule has 0 bridgehead atoms. The number of nitro groups is 1. The van der Waals surface area contributed by atoms with Gasteiger partial charge in [0.2, 0.25) is 0 Å². The summed E-state index contributed by atoms with van der Waals surface area (Å²) in [6.07, 6.45) is 5.11. The summed E-state index contributed by atoms with van der Waals surface area (Å²) in [5.74, 6) is -0.485. The molecule has 2 aromatic heterocycles. The van der Waals surface area contributed by atoms with Crippen LogP contribution in [0.15, 0.2) is 60.9 Å². The van der Waals surface area contributed by atoms with E-state index in [0.717, 1.165) is 23.8 Å². The van der Waals surface area contributed by atoms with Gasteiger partial charge in [0, 0.05) is 48.3 Å². The molecule has 1 aliphatic rings. The molecular formula is C24H19N5O5. The van der Waals surface area contributed by atoms with Crippen LogP contribution < -0.4 is 5.32 Å². The fourth-order valence-corrected chi connectivity index (χ4v) is 3.56. The lowest BCUT2D eigenvalue weighted by Crippen LogP contribution is -2.25. The molecule has 1 aliphatic carbocycles. The lowest BCUT2D eigenvalue weighted by molar-refractivity contribution is -0.384. The maximum Gasteiger partial charge on any atom is 0.270 e. The van der Waals surface area contributed by atoms with Crippen LogP contribution in [0.1, 0.15) is 39.1 Å². The molecule has 4 aromatic rings.